The molecule has 1 aliphatic rings. The Hall–Kier alpha value is -8.42. The van der Waals surface area contributed by atoms with E-state index in [2.05, 4.69) is 140 Å². The number of aliphatic hydroxyl groups is 1. The van der Waals surface area contributed by atoms with Gasteiger partial charge < -0.3 is 106 Å². The van der Waals surface area contributed by atoms with Crippen LogP contribution in [-0.2, 0) is 89.6 Å². The summed E-state index contributed by atoms with van der Waals surface area (Å²) in [6, 6.07) is -8.90. The molecule has 2 aromatic carbocycles. The van der Waals surface area contributed by atoms with Crippen molar-refractivity contribution in [1.29, 1.82) is 0 Å². The van der Waals surface area contributed by atoms with Crippen molar-refractivity contribution < 1.29 is 102 Å². The highest BCUT2D eigenvalue weighted by Crippen LogP contribution is 2.21. The van der Waals surface area contributed by atoms with Crippen LogP contribution in [0.1, 0.15) is 57.1 Å². The molecule has 4 unspecified atom stereocenters. The van der Waals surface area contributed by atoms with Gasteiger partial charge in [0.05, 0.1) is 25.1 Å². The molecule has 0 aromatic heterocycles. The monoisotopic (exact) mass is 1530 g/mol. The number of aliphatic carboxylic acids is 2. The standard InChI is InChI=1S/C59H85N15O21S6/c1-26(47(82)69-41(25-101)55(90)73-46(27(2)75)57(92)62-19-44(79)64-37(21-97)51(86)68-36(59(94)95)17-29-7-11-31(77)12-8-29)63-56(91)42-4-3-15-74(42)58(93)35(18-43(61)78)67-53(88)39(23-99)72-54(89)40(24-100)71-50(85)34(16-28-5-9-30(76)10-6-28)66-49(84)33(13-14-45(80)81)65-52(87)38(22-98)70-48(83)32(60)20-96/h5-12,26-27,32-42,46,75-77,96-101H,3-4,13-25,60H2,1-2H3,(H2,61,78)(H,62,92)(H,63,91)(H,64,79)(H,65,87)(H,66,84)(H,67,88)(H,68,86)(H,69,82)(H,70,83)(H,71,85)(H,72,89)(H,73,90)(H,80,81)(H,94,95)/t26-,27+,32-,33-,34?,35?,36-,37-,38?,39?,40-,41-,42-,46-/m0/s1. The van der Waals surface area contributed by atoms with Crippen molar-refractivity contribution in [3.05, 3.63) is 59.7 Å². The van der Waals surface area contributed by atoms with Gasteiger partial charge in [-0.2, -0.15) is 75.8 Å². The number of phenols is 2. The Kier molecular flexibility index (Phi) is 37.3. The molecule has 3 rings (SSSR count). The fraction of sp³-hybridized carbons (Fsp3) is 0.525. The number of carboxylic acids is 2. The highest BCUT2D eigenvalue weighted by atomic mass is 32.1. The summed E-state index contributed by atoms with van der Waals surface area (Å²) in [7, 11) is 0. The van der Waals surface area contributed by atoms with Crippen LogP contribution in [0, 0.1) is 0 Å². The highest BCUT2D eigenvalue weighted by Gasteiger charge is 2.41. The fourth-order valence-corrected chi connectivity index (χ4v) is 10.9. The van der Waals surface area contributed by atoms with E-state index in [4.69, 9.17) is 11.5 Å². The van der Waals surface area contributed by atoms with Crippen LogP contribution in [0.5, 0.6) is 11.5 Å². The Morgan fingerprint density at radius 2 is 0.891 bits per heavy atom. The molecule has 1 heterocycles. The summed E-state index contributed by atoms with van der Waals surface area (Å²) in [6.07, 6.45) is -4.01. The quantitative estimate of drug-likeness (QED) is 0.0275. The minimum Gasteiger partial charge on any atom is -0.508 e. The number of likely N-dealkylation sites (tertiary alicyclic amines) is 1. The van der Waals surface area contributed by atoms with Gasteiger partial charge in [-0.1, -0.05) is 24.3 Å². The van der Waals surface area contributed by atoms with Gasteiger partial charge in [0.15, 0.2) is 0 Å². The summed E-state index contributed by atoms with van der Waals surface area (Å²) in [5.74, 6) is -19.3. The third kappa shape index (κ3) is 28.9. The maximum atomic E-state index is 14.2. The first kappa shape index (κ1) is 86.8. The van der Waals surface area contributed by atoms with Crippen LogP contribution in [0.25, 0.3) is 0 Å². The van der Waals surface area contributed by atoms with E-state index in [1.807, 2.05) is 0 Å². The van der Waals surface area contributed by atoms with E-state index in [0.717, 1.165) is 11.8 Å². The number of nitrogens with zero attached hydrogens (tertiary/aromatic N) is 1. The number of nitrogens with two attached hydrogens (primary N) is 2. The number of phenolic OH excluding ortho intramolecular Hbond substituents is 2. The molecule has 36 nitrogen and oxygen atoms in total. The van der Waals surface area contributed by atoms with Gasteiger partial charge in [-0.25, -0.2) is 4.79 Å². The Bertz CT molecular complexity index is 3290. The minimum absolute atomic E-state index is 0.00496. The summed E-state index contributed by atoms with van der Waals surface area (Å²) < 4.78 is 0. The normalized spacial score (nSPS) is 16.4. The summed E-state index contributed by atoms with van der Waals surface area (Å²) in [6.45, 7) is 1.38. The fourth-order valence-electron chi connectivity index (χ4n) is 9.41. The number of aromatic hydroxyl groups is 2. The zero-order valence-electron chi connectivity index (χ0n) is 54.4. The predicted molar refractivity (Wildman–Crippen MR) is 379 cm³/mol. The number of hydrogen-bond donors (Lipinski definition) is 25. The lowest BCUT2D eigenvalue weighted by Gasteiger charge is -2.30. The summed E-state index contributed by atoms with van der Waals surface area (Å²) in [4.78, 5) is 213. The first-order valence-corrected chi connectivity index (χ1v) is 34.7. The Labute approximate surface area is 611 Å². The van der Waals surface area contributed by atoms with E-state index >= 15 is 0 Å². The van der Waals surface area contributed by atoms with Crippen LogP contribution in [-0.4, -0.2) is 257 Å². The third-order valence-corrected chi connectivity index (χ3v) is 17.2. The number of amides is 14. The van der Waals surface area contributed by atoms with E-state index in [9.17, 15) is 102 Å². The molecule has 14 atom stereocenters. The number of carbonyl (C=O) groups is 16. The maximum Gasteiger partial charge on any atom is 0.326 e. The summed E-state index contributed by atoms with van der Waals surface area (Å²) >= 11 is 24.6. The topological polar surface area (TPSA) is 574 Å². The van der Waals surface area contributed by atoms with E-state index in [1.54, 1.807) is 0 Å². The second kappa shape index (κ2) is 43.4. The highest BCUT2D eigenvalue weighted by molar-refractivity contribution is 7.81. The smallest absolute Gasteiger partial charge is 0.326 e. The molecular weight excluding hydrogens is 1450 g/mol. The van der Waals surface area contributed by atoms with Crippen LogP contribution in [0.4, 0.5) is 0 Å². The number of aliphatic hydroxyl groups excluding tert-OH is 1. The lowest BCUT2D eigenvalue weighted by Crippen LogP contribution is -2.61. The van der Waals surface area contributed by atoms with E-state index in [0.29, 0.717) is 11.1 Å². The average molecular weight is 1530 g/mol. The van der Waals surface area contributed by atoms with Gasteiger partial charge in [0.2, 0.25) is 82.7 Å². The number of primary amides is 1. The molecule has 0 aliphatic carbocycles. The minimum atomic E-state index is -1.78. The number of carboxylic acid groups (broad SMARTS) is 2. The second-order valence-corrected chi connectivity index (χ2v) is 25.0. The van der Waals surface area contributed by atoms with Gasteiger partial charge in [0.1, 0.15) is 84.0 Å². The van der Waals surface area contributed by atoms with E-state index in [1.165, 1.54) is 55.5 Å². The molecule has 1 aliphatic heterocycles. The van der Waals surface area contributed by atoms with Crippen molar-refractivity contribution in [2.45, 2.75) is 143 Å². The van der Waals surface area contributed by atoms with Gasteiger partial charge in [-0.05, 0) is 68.5 Å². The Morgan fingerprint density at radius 3 is 1.34 bits per heavy atom. The average Bonchev–Trinajstić information content (AvgIpc) is 1.74. The first-order chi connectivity index (χ1) is 47.6. The Morgan fingerprint density at radius 1 is 0.495 bits per heavy atom. The summed E-state index contributed by atoms with van der Waals surface area (Å²) in [5, 5.41) is 77.2. The number of hydrogen-bond acceptors (Lipinski definition) is 26. The van der Waals surface area contributed by atoms with Gasteiger partial charge in [-0.3, -0.25) is 71.9 Å². The number of nitrogens with one attached hydrogen (secondary N) is 12. The predicted octanol–water partition coefficient (Wildman–Crippen LogP) is -7.55. The van der Waals surface area contributed by atoms with Gasteiger partial charge in [-0.15, -0.1) is 0 Å². The molecule has 0 saturated carbocycles. The third-order valence-electron chi connectivity index (χ3n) is 15.0. The number of rotatable bonds is 42. The molecule has 0 bridgehead atoms. The van der Waals surface area contributed by atoms with Crippen LogP contribution in [0.2, 0.25) is 0 Å². The van der Waals surface area contributed by atoms with Crippen molar-refractivity contribution in [1.82, 2.24) is 68.7 Å². The Balaban J connectivity index is 1.68. The molecule has 2 aromatic rings. The zero-order valence-corrected chi connectivity index (χ0v) is 59.7. The molecule has 42 heteroatoms. The molecule has 101 heavy (non-hydrogen) atoms. The molecule has 0 radical (unpaired) electrons. The van der Waals surface area contributed by atoms with E-state index < -0.39 is 222 Å². The SMILES string of the molecule is C[C@H](NC(=O)[C@@H]1CCCN1C(=O)C(CC(N)=O)NC(=O)C(CS)NC(=O)[C@H](CS)NC(=O)C(Cc1ccc(O)cc1)NC(=O)[C@H](CCC(=O)O)NC(=O)C(CS)NC(=O)[C@@H](N)CS)C(=O)N[C@@H](CS)C(=O)N[C@H](C(=O)NCC(=O)N[C@@H](CS)C(=O)N[C@@H](Cc1ccc(O)cc1)C(=O)O)[C@@H](C)O. The summed E-state index contributed by atoms with van der Waals surface area (Å²) in [5.41, 5.74) is 12.0. The number of thiol groups is 6. The van der Waals surface area contributed by atoms with Crippen molar-refractivity contribution in [2.24, 2.45) is 11.5 Å². The lowest BCUT2D eigenvalue weighted by atomic mass is 10.0. The molecule has 1 fully saturated rings. The van der Waals surface area contributed by atoms with Gasteiger partial charge in [0.25, 0.3) is 0 Å². The van der Waals surface area contributed by atoms with Crippen LogP contribution < -0.4 is 75.3 Å². The maximum absolute atomic E-state index is 14.2. The van der Waals surface area contributed by atoms with Crippen molar-refractivity contribution in [3.63, 3.8) is 0 Å². The zero-order chi connectivity index (χ0) is 76.0. The molecule has 1 saturated heterocycles. The van der Waals surface area contributed by atoms with Gasteiger partial charge >= 0.3 is 11.9 Å². The molecule has 558 valence electrons. The van der Waals surface area contributed by atoms with Gasteiger partial charge in [0, 0.05) is 60.3 Å². The van der Waals surface area contributed by atoms with E-state index in [-0.39, 0.29) is 61.0 Å². The van der Waals surface area contributed by atoms with Crippen LogP contribution in [0.3, 0.4) is 0 Å². The molecule has 21 N–H and O–H groups in total. The molecule has 0 spiro atoms. The lowest BCUT2D eigenvalue weighted by molar-refractivity contribution is -0.143. The molecular formula is C59H85N15O21S6. The largest absolute Gasteiger partial charge is 0.508 e. The van der Waals surface area contributed by atoms with Crippen molar-refractivity contribution in [2.75, 3.05) is 47.6 Å². The number of carbonyl (C=O) groups excluding carboxylic acids is 14. The molecule has 14 amide bonds. The van der Waals surface area contributed by atoms with Crippen molar-refractivity contribution in [3.8, 4) is 11.5 Å². The first-order valence-electron chi connectivity index (χ1n) is 30.9. The van der Waals surface area contributed by atoms with Crippen molar-refractivity contribution >= 4 is 170 Å². The number of benzene rings is 2. The van der Waals surface area contributed by atoms with Crippen LogP contribution >= 0.6 is 75.8 Å². The second-order valence-electron chi connectivity index (χ2n) is 22.9. The van der Waals surface area contributed by atoms with Crippen LogP contribution in [0.15, 0.2) is 48.5 Å².